The summed E-state index contributed by atoms with van der Waals surface area (Å²) in [5.74, 6) is 0.980. The molecule has 3 aliphatic heterocycles. The summed E-state index contributed by atoms with van der Waals surface area (Å²) < 4.78 is 17.2. The fourth-order valence-corrected chi connectivity index (χ4v) is 6.24. The average molecular weight is 552 g/mol. The molecule has 1 atom stereocenters. The number of fused-ring (bicyclic) bond motifs is 1. The largest absolute Gasteiger partial charge is 0.495 e. The first-order valence-corrected chi connectivity index (χ1v) is 14.1. The Bertz CT molecular complexity index is 1270. The Hall–Kier alpha value is -3.48. The van der Waals surface area contributed by atoms with Gasteiger partial charge in [0.15, 0.2) is 11.6 Å². The van der Waals surface area contributed by atoms with Gasteiger partial charge in [0.25, 0.3) is 5.91 Å². The molecule has 3 fully saturated rings. The van der Waals surface area contributed by atoms with E-state index in [-0.39, 0.29) is 23.9 Å². The molecule has 2 N–H and O–H groups in total. The number of aromatic nitrogens is 2. The number of rotatable bonds is 6. The van der Waals surface area contributed by atoms with E-state index in [1.807, 2.05) is 11.9 Å². The van der Waals surface area contributed by atoms with Gasteiger partial charge in [-0.2, -0.15) is 4.98 Å². The van der Waals surface area contributed by atoms with Crippen molar-refractivity contribution in [2.24, 2.45) is 0 Å². The molecule has 4 heterocycles. The predicted molar refractivity (Wildman–Crippen MR) is 149 cm³/mol. The van der Waals surface area contributed by atoms with Crippen molar-refractivity contribution in [1.82, 2.24) is 20.4 Å². The Kier molecular flexibility index (Phi) is 7.24. The van der Waals surface area contributed by atoms with Gasteiger partial charge in [-0.25, -0.2) is 9.99 Å². The first-order chi connectivity index (χ1) is 19.4. The van der Waals surface area contributed by atoms with E-state index in [1.54, 1.807) is 43.5 Å². The standard InChI is InChI=1S/C28H37N7O5/c1-18-26(37)33(2)22-17-29-27(31-24(22)35(18)20-6-4-5-7-20)30-21-9-8-19(16-23(21)38-3)25(36)32-34-12-10-28(11-13-34)39-14-15-40-28/h8-9,16-18,20H,4-7,10-15H2,1-3H3,(H,32,36)(H,29,30,31)/t18-/m1/s1. The zero-order valence-electron chi connectivity index (χ0n) is 23.3. The van der Waals surface area contributed by atoms with Gasteiger partial charge < -0.3 is 29.3 Å². The molecule has 0 radical (unpaired) electrons. The van der Waals surface area contributed by atoms with Gasteiger partial charge in [0, 0.05) is 44.6 Å². The van der Waals surface area contributed by atoms with Crippen LogP contribution in [0.25, 0.3) is 0 Å². The van der Waals surface area contributed by atoms with Crippen molar-refractivity contribution < 1.29 is 23.8 Å². The highest BCUT2D eigenvalue weighted by atomic mass is 16.7. The maximum absolute atomic E-state index is 13.0. The zero-order chi connectivity index (χ0) is 27.9. The fraction of sp³-hybridized carbons (Fsp3) is 0.571. The number of ether oxygens (including phenoxy) is 3. The molecule has 0 unspecified atom stereocenters. The van der Waals surface area contributed by atoms with Gasteiger partial charge in [0.2, 0.25) is 11.9 Å². The van der Waals surface area contributed by atoms with E-state index in [2.05, 4.69) is 20.6 Å². The first-order valence-electron chi connectivity index (χ1n) is 14.1. The summed E-state index contributed by atoms with van der Waals surface area (Å²) in [6.45, 7) is 4.49. The third-order valence-electron chi connectivity index (χ3n) is 8.49. The molecule has 1 aromatic carbocycles. The summed E-state index contributed by atoms with van der Waals surface area (Å²) in [7, 11) is 3.33. The summed E-state index contributed by atoms with van der Waals surface area (Å²) >= 11 is 0. The van der Waals surface area contributed by atoms with Crippen molar-refractivity contribution in [2.45, 2.75) is 63.3 Å². The van der Waals surface area contributed by atoms with Crippen molar-refractivity contribution in [2.75, 3.05) is 55.6 Å². The van der Waals surface area contributed by atoms with E-state index in [0.29, 0.717) is 67.8 Å². The molecule has 6 rings (SSSR count). The van der Waals surface area contributed by atoms with Crippen LogP contribution < -0.4 is 25.3 Å². The second-order valence-electron chi connectivity index (χ2n) is 10.9. The van der Waals surface area contributed by atoms with Crippen molar-refractivity contribution in [3.63, 3.8) is 0 Å². The molecule has 1 spiro atoms. The number of methoxy groups -OCH3 is 1. The van der Waals surface area contributed by atoms with E-state index in [4.69, 9.17) is 19.2 Å². The topological polar surface area (TPSA) is 121 Å². The molecular formula is C28H37N7O5. The van der Waals surface area contributed by atoms with Crippen LogP contribution in [0.4, 0.5) is 23.1 Å². The highest BCUT2D eigenvalue weighted by molar-refractivity contribution is 6.04. The number of anilines is 4. The molecule has 1 aromatic heterocycles. The number of hydrazine groups is 1. The second-order valence-corrected chi connectivity index (χ2v) is 10.9. The van der Waals surface area contributed by atoms with Gasteiger partial charge in [0.05, 0.1) is 32.2 Å². The second kappa shape index (κ2) is 10.8. The molecule has 2 aromatic rings. The van der Waals surface area contributed by atoms with E-state index in [0.717, 1.165) is 31.5 Å². The van der Waals surface area contributed by atoms with Gasteiger partial charge >= 0.3 is 0 Å². The van der Waals surface area contributed by atoms with E-state index < -0.39 is 5.79 Å². The molecule has 214 valence electrons. The molecule has 2 amide bonds. The highest BCUT2D eigenvalue weighted by Crippen LogP contribution is 2.39. The lowest BCUT2D eigenvalue weighted by Crippen LogP contribution is -2.54. The molecule has 1 aliphatic carbocycles. The number of nitrogens with zero attached hydrogens (tertiary/aromatic N) is 5. The minimum absolute atomic E-state index is 0.0449. The van der Waals surface area contributed by atoms with Crippen LogP contribution >= 0.6 is 0 Å². The van der Waals surface area contributed by atoms with Crippen LogP contribution in [0, 0.1) is 0 Å². The lowest BCUT2D eigenvalue weighted by Gasteiger charge is -2.42. The Morgan fingerprint density at radius 1 is 1.15 bits per heavy atom. The Morgan fingerprint density at radius 2 is 1.88 bits per heavy atom. The molecule has 1 saturated carbocycles. The Balaban J connectivity index is 1.17. The molecule has 40 heavy (non-hydrogen) atoms. The van der Waals surface area contributed by atoms with E-state index in [1.165, 1.54) is 0 Å². The number of carbonyl (C=O) groups is 2. The van der Waals surface area contributed by atoms with Gasteiger partial charge in [-0.05, 0) is 38.0 Å². The van der Waals surface area contributed by atoms with Crippen LogP contribution in [0.5, 0.6) is 5.75 Å². The van der Waals surface area contributed by atoms with Crippen molar-refractivity contribution >= 4 is 35.0 Å². The van der Waals surface area contributed by atoms with E-state index >= 15 is 0 Å². The number of amides is 2. The summed E-state index contributed by atoms with van der Waals surface area (Å²) in [6.07, 6.45) is 7.51. The average Bonchev–Trinajstić information content (AvgIpc) is 3.66. The SMILES string of the molecule is COc1cc(C(=O)NN2CCC3(CC2)OCCO3)ccc1Nc1ncc2c(n1)N(C1CCCC1)[C@H](C)C(=O)N2C. The Morgan fingerprint density at radius 3 is 2.58 bits per heavy atom. The minimum Gasteiger partial charge on any atom is -0.495 e. The van der Waals surface area contributed by atoms with Gasteiger partial charge in [-0.15, -0.1) is 0 Å². The summed E-state index contributed by atoms with van der Waals surface area (Å²) in [6, 6.07) is 5.22. The number of carbonyl (C=O) groups excluding carboxylic acids is 2. The molecule has 12 nitrogen and oxygen atoms in total. The first kappa shape index (κ1) is 26.7. The molecule has 0 bridgehead atoms. The number of benzene rings is 1. The van der Waals surface area contributed by atoms with Gasteiger partial charge in [-0.3, -0.25) is 15.0 Å². The molecular weight excluding hydrogens is 514 g/mol. The highest BCUT2D eigenvalue weighted by Gasteiger charge is 2.41. The minimum atomic E-state index is -0.492. The van der Waals surface area contributed by atoms with Crippen LogP contribution in [-0.4, -0.2) is 85.1 Å². The van der Waals surface area contributed by atoms with Gasteiger partial charge in [0.1, 0.15) is 17.5 Å². The van der Waals surface area contributed by atoms with Crippen LogP contribution in [0.15, 0.2) is 24.4 Å². The van der Waals surface area contributed by atoms with Crippen LogP contribution in [0.3, 0.4) is 0 Å². The predicted octanol–water partition coefficient (Wildman–Crippen LogP) is 2.83. The summed E-state index contributed by atoms with van der Waals surface area (Å²) in [4.78, 5) is 39.1. The number of hydrogen-bond donors (Lipinski definition) is 2. The third-order valence-corrected chi connectivity index (χ3v) is 8.49. The maximum Gasteiger partial charge on any atom is 0.265 e. The lowest BCUT2D eigenvalue weighted by atomic mass is 10.1. The van der Waals surface area contributed by atoms with Crippen molar-refractivity contribution in [3.05, 3.63) is 30.0 Å². The number of likely N-dealkylation sites (N-methyl/N-ethyl adjacent to an activating group) is 1. The van der Waals surface area contributed by atoms with Crippen molar-refractivity contribution in [3.8, 4) is 5.75 Å². The van der Waals surface area contributed by atoms with Crippen molar-refractivity contribution in [1.29, 1.82) is 0 Å². The third kappa shape index (κ3) is 4.95. The molecule has 12 heteroatoms. The smallest absolute Gasteiger partial charge is 0.265 e. The Labute approximate surface area is 233 Å². The van der Waals surface area contributed by atoms with E-state index in [9.17, 15) is 9.59 Å². The van der Waals surface area contributed by atoms with Crippen LogP contribution in [0.1, 0.15) is 55.8 Å². The molecule has 2 saturated heterocycles. The molecule has 4 aliphatic rings. The van der Waals surface area contributed by atoms with Crippen LogP contribution in [0.2, 0.25) is 0 Å². The number of piperidine rings is 1. The van der Waals surface area contributed by atoms with Gasteiger partial charge in [-0.1, -0.05) is 12.8 Å². The normalized spacial score (nSPS) is 23.0. The quantitative estimate of drug-likeness (QED) is 0.554. The number of hydrogen-bond acceptors (Lipinski definition) is 10. The number of nitrogens with one attached hydrogen (secondary N) is 2. The van der Waals surface area contributed by atoms with Crippen LogP contribution in [-0.2, 0) is 14.3 Å². The summed E-state index contributed by atoms with van der Waals surface area (Å²) in [5, 5.41) is 5.15. The zero-order valence-corrected chi connectivity index (χ0v) is 23.3. The maximum atomic E-state index is 13.0. The monoisotopic (exact) mass is 551 g/mol. The fourth-order valence-electron chi connectivity index (χ4n) is 6.24. The lowest BCUT2D eigenvalue weighted by molar-refractivity contribution is -0.187. The summed E-state index contributed by atoms with van der Waals surface area (Å²) in [5.41, 5.74) is 4.80.